The number of rotatable bonds is 2. The van der Waals surface area contributed by atoms with Crippen LogP contribution in [0.5, 0.6) is 0 Å². The molecule has 0 aliphatic carbocycles. The Bertz CT molecular complexity index is 401. The lowest BCUT2D eigenvalue weighted by Gasteiger charge is -2.06. The van der Waals surface area contributed by atoms with Crippen molar-refractivity contribution >= 4 is 0 Å². The number of halogens is 5. The van der Waals surface area contributed by atoms with E-state index in [0.717, 1.165) is 0 Å². The average Bonchev–Trinajstić information content (AvgIpc) is 2.24. The third-order valence-electron chi connectivity index (χ3n) is 1.82. The van der Waals surface area contributed by atoms with E-state index < -0.39 is 34.6 Å². The van der Waals surface area contributed by atoms with Gasteiger partial charge in [-0.25, -0.2) is 22.0 Å². The zero-order chi connectivity index (χ0) is 11.6. The molecule has 0 amide bonds. The Hall–Kier alpha value is -1.57. The summed E-state index contributed by atoms with van der Waals surface area (Å²) in [6.45, 7) is 0. The van der Waals surface area contributed by atoms with E-state index in [0.29, 0.717) is 0 Å². The Kier molecular flexibility index (Phi) is 3.30. The summed E-state index contributed by atoms with van der Waals surface area (Å²) in [4.78, 5) is 0. The van der Waals surface area contributed by atoms with Gasteiger partial charge >= 0.3 is 0 Å². The van der Waals surface area contributed by atoms with Crippen LogP contribution in [0.3, 0.4) is 0 Å². The molecule has 80 valence electrons. The van der Waals surface area contributed by atoms with Crippen molar-refractivity contribution in [2.45, 2.75) is 12.8 Å². The van der Waals surface area contributed by atoms with Crippen LogP contribution in [-0.4, -0.2) is 0 Å². The van der Waals surface area contributed by atoms with Crippen molar-refractivity contribution in [1.82, 2.24) is 0 Å². The summed E-state index contributed by atoms with van der Waals surface area (Å²) >= 11 is 0. The molecule has 5 heteroatoms. The van der Waals surface area contributed by atoms with E-state index in [-0.39, 0.29) is 12.8 Å². The number of benzene rings is 1. The summed E-state index contributed by atoms with van der Waals surface area (Å²) < 4.78 is 63.7. The maximum atomic E-state index is 12.9. The maximum absolute atomic E-state index is 12.9. The van der Waals surface area contributed by atoms with Crippen molar-refractivity contribution in [3.63, 3.8) is 0 Å². The zero-order valence-corrected chi connectivity index (χ0v) is 7.38. The Labute approximate surface area is 82.7 Å². The van der Waals surface area contributed by atoms with Crippen LogP contribution in [0.4, 0.5) is 22.0 Å². The van der Waals surface area contributed by atoms with Gasteiger partial charge in [-0.15, -0.1) is 12.3 Å². The first kappa shape index (κ1) is 11.5. The van der Waals surface area contributed by atoms with Crippen molar-refractivity contribution in [1.29, 1.82) is 0 Å². The molecule has 0 spiro atoms. The van der Waals surface area contributed by atoms with Gasteiger partial charge in [0.25, 0.3) is 0 Å². The second-order valence-corrected chi connectivity index (χ2v) is 2.75. The molecule has 0 saturated carbocycles. The van der Waals surface area contributed by atoms with Crippen LogP contribution in [-0.2, 0) is 6.42 Å². The van der Waals surface area contributed by atoms with Crippen molar-refractivity contribution in [2.75, 3.05) is 0 Å². The molecule has 0 atom stereocenters. The molecule has 0 unspecified atom stereocenters. The van der Waals surface area contributed by atoms with Crippen LogP contribution in [0, 0.1) is 41.4 Å². The summed E-state index contributed by atoms with van der Waals surface area (Å²) in [6, 6.07) is 0. The Balaban J connectivity index is 3.33. The lowest BCUT2D eigenvalue weighted by molar-refractivity contribution is 0.370. The van der Waals surface area contributed by atoms with E-state index in [9.17, 15) is 22.0 Å². The first-order chi connectivity index (χ1) is 7.00. The maximum Gasteiger partial charge on any atom is 0.200 e. The first-order valence-corrected chi connectivity index (χ1v) is 3.94. The van der Waals surface area contributed by atoms with Gasteiger partial charge in [-0.05, 0) is 6.42 Å². The molecular weight excluding hydrogens is 215 g/mol. The van der Waals surface area contributed by atoms with Gasteiger partial charge in [0.15, 0.2) is 23.3 Å². The lowest BCUT2D eigenvalue weighted by atomic mass is 10.1. The largest absolute Gasteiger partial charge is 0.203 e. The lowest BCUT2D eigenvalue weighted by Crippen LogP contribution is -2.06. The number of hydrogen-bond acceptors (Lipinski definition) is 0. The number of terminal acetylenes is 1. The fourth-order valence-electron chi connectivity index (χ4n) is 1.07. The molecule has 0 N–H and O–H groups in total. The SMILES string of the molecule is C#CCCc1c(F)c(F)c(F)c(F)c1F. The monoisotopic (exact) mass is 220 g/mol. The molecule has 1 aromatic carbocycles. The average molecular weight is 220 g/mol. The van der Waals surface area contributed by atoms with Crippen LogP contribution in [0.15, 0.2) is 0 Å². The van der Waals surface area contributed by atoms with Gasteiger partial charge in [-0.2, -0.15) is 0 Å². The molecule has 0 aliphatic rings. The Morgan fingerprint density at radius 3 is 1.60 bits per heavy atom. The molecule has 0 heterocycles. The molecule has 0 nitrogen and oxygen atoms in total. The highest BCUT2D eigenvalue weighted by molar-refractivity contribution is 5.24. The highest BCUT2D eigenvalue weighted by Crippen LogP contribution is 2.23. The van der Waals surface area contributed by atoms with E-state index >= 15 is 0 Å². The fraction of sp³-hybridized carbons (Fsp3) is 0.200. The second kappa shape index (κ2) is 4.30. The van der Waals surface area contributed by atoms with E-state index in [4.69, 9.17) is 6.42 Å². The summed E-state index contributed by atoms with van der Waals surface area (Å²) in [6.07, 6.45) is 4.34. The van der Waals surface area contributed by atoms with E-state index in [1.807, 2.05) is 0 Å². The van der Waals surface area contributed by atoms with Crippen molar-refractivity contribution in [3.8, 4) is 12.3 Å². The minimum absolute atomic E-state index is 0.0989. The predicted octanol–water partition coefficient (Wildman–Crippen LogP) is 2.95. The molecule has 0 bridgehead atoms. The van der Waals surface area contributed by atoms with Gasteiger partial charge < -0.3 is 0 Å². The normalized spacial score (nSPS) is 10.1. The zero-order valence-electron chi connectivity index (χ0n) is 7.38. The van der Waals surface area contributed by atoms with E-state index in [2.05, 4.69) is 5.92 Å². The van der Waals surface area contributed by atoms with Gasteiger partial charge in [0.1, 0.15) is 0 Å². The van der Waals surface area contributed by atoms with Crippen LogP contribution in [0.1, 0.15) is 12.0 Å². The topological polar surface area (TPSA) is 0 Å². The van der Waals surface area contributed by atoms with Crippen LogP contribution < -0.4 is 0 Å². The van der Waals surface area contributed by atoms with Gasteiger partial charge in [-0.3, -0.25) is 0 Å². The van der Waals surface area contributed by atoms with Crippen LogP contribution >= 0.6 is 0 Å². The highest BCUT2D eigenvalue weighted by atomic mass is 19.2. The standard InChI is InChI=1S/C10H5F5/c1-2-3-4-5-6(11)8(13)10(15)9(14)7(5)12/h1H,3-4H2. The van der Waals surface area contributed by atoms with Crippen LogP contribution in [0.25, 0.3) is 0 Å². The first-order valence-electron chi connectivity index (χ1n) is 3.94. The third-order valence-corrected chi connectivity index (χ3v) is 1.82. The van der Waals surface area contributed by atoms with Gasteiger partial charge in [0, 0.05) is 12.0 Å². The molecule has 15 heavy (non-hydrogen) atoms. The van der Waals surface area contributed by atoms with Gasteiger partial charge in [0.2, 0.25) is 5.82 Å². The minimum atomic E-state index is -2.16. The predicted molar refractivity (Wildman–Crippen MR) is 43.4 cm³/mol. The molecular formula is C10H5F5. The Morgan fingerprint density at radius 1 is 0.800 bits per heavy atom. The summed E-state index contributed by atoms with van der Waals surface area (Å²) in [5, 5.41) is 0. The smallest absolute Gasteiger partial charge is 0.200 e. The molecule has 0 radical (unpaired) electrons. The molecule has 0 aromatic heterocycles. The summed E-state index contributed by atoms with van der Waals surface area (Å²) in [7, 11) is 0. The summed E-state index contributed by atoms with van der Waals surface area (Å²) in [5.74, 6) is -7.63. The second-order valence-electron chi connectivity index (χ2n) is 2.75. The van der Waals surface area contributed by atoms with Gasteiger partial charge in [-0.1, -0.05) is 0 Å². The van der Waals surface area contributed by atoms with Crippen molar-refractivity contribution < 1.29 is 22.0 Å². The molecule has 1 aromatic rings. The van der Waals surface area contributed by atoms with Crippen LogP contribution in [0.2, 0.25) is 0 Å². The van der Waals surface area contributed by atoms with Crippen molar-refractivity contribution in [2.24, 2.45) is 0 Å². The minimum Gasteiger partial charge on any atom is -0.203 e. The van der Waals surface area contributed by atoms with Crippen molar-refractivity contribution in [3.05, 3.63) is 34.6 Å². The number of hydrogen-bond donors (Lipinski definition) is 0. The molecule has 0 fully saturated rings. The Morgan fingerprint density at radius 2 is 1.20 bits per heavy atom. The van der Waals surface area contributed by atoms with E-state index in [1.165, 1.54) is 0 Å². The quantitative estimate of drug-likeness (QED) is 0.311. The van der Waals surface area contributed by atoms with E-state index in [1.54, 1.807) is 0 Å². The van der Waals surface area contributed by atoms with Gasteiger partial charge in [0.05, 0.1) is 0 Å². The molecule has 0 saturated heterocycles. The summed E-state index contributed by atoms with van der Waals surface area (Å²) in [5.41, 5.74) is -0.871. The molecule has 1 rings (SSSR count). The third kappa shape index (κ3) is 1.94. The molecule has 0 aliphatic heterocycles. The highest BCUT2D eigenvalue weighted by Gasteiger charge is 2.24. The fourth-order valence-corrected chi connectivity index (χ4v) is 1.07.